The fourth-order valence-corrected chi connectivity index (χ4v) is 4.07. The van der Waals surface area contributed by atoms with Gasteiger partial charge in [-0.25, -0.2) is 0 Å². The Kier molecular flexibility index (Phi) is 4.62. The van der Waals surface area contributed by atoms with Gasteiger partial charge in [-0.05, 0) is 76.8 Å². The lowest BCUT2D eigenvalue weighted by Crippen LogP contribution is -2.49. The van der Waals surface area contributed by atoms with Crippen molar-refractivity contribution in [3.05, 3.63) is 0 Å². The van der Waals surface area contributed by atoms with Gasteiger partial charge in [0.25, 0.3) is 0 Å². The van der Waals surface area contributed by atoms with Crippen LogP contribution in [0, 0.1) is 17.3 Å². The van der Waals surface area contributed by atoms with Crippen LogP contribution in [0.15, 0.2) is 0 Å². The summed E-state index contributed by atoms with van der Waals surface area (Å²) >= 11 is 0. The van der Waals surface area contributed by atoms with Crippen molar-refractivity contribution in [1.29, 1.82) is 0 Å². The summed E-state index contributed by atoms with van der Waals surface area (Å²) < 4.78 is 5.54. The average molecular weight is 267 g/mol. The minimum absolute atomic E-state index is 0.341. The minimum atomic E-state index is 0.341. The van der Waals surface area contributed by atoms with Crippen molar-refractivity contribution in [3.8, 4) is 0 Å². The van der Waals surface area contributed by atoms with Crippen LogP contribution >= 0.6 is 0 Å². The largest absolute Gasteiger partial charge is 0.381 e. The zero-order chi connectivity index (χ0) is 14.1. The van der Waals surface area contributed by atoms with E-state index >= 15 is 0 Å². The molecule has 0 unspecified atom stereocenters. The second-order valence-corrected chi connectivity index (χ2v) is 8.14. The lowest BCUT2D eigenvalue weighted by molar-refractivity contribution is -0.0265. The molecule has 0 N–H and O–H groups in total. The van der Waals surface area contributed by atoms with E-state index in [0.717, 1.165) is 25.0 Å². The number of piperidine rings is 1. The lowest BCUT2D eigenvalue weighted by Gasteiger charge is -2.48. The van der Waals surface area contributed by atoms with Crippen LogP contribution in [0.25, 0.3) is 0 Å². The second-order valence-electron chi connectivity index (χ2n) is 8.14. The van der Waals surface area contributed by atoms with Crippen LogP contribution in [0.3, 0.4) is 0 Å². The molecule has 0 radical (unpaired) electrons. The van der Waals surface area contributed by atoms with Gasteiger partial charge in [0.05, 0.1) is 0 Å². The molecule has 0 amide bonds. The molecule has 0 aromatic heterocycles. The van der Waals surface area contributed by atoms with Crippen molar-refractivity contribution in [2.24, 2.45) is 17.3 Å². The molecule has 2 saturated heterocycles. The molecule has 2 aliphatic rings. The van der Waals surface area contributed by atoms with Crippen molar-refractivity contribution in [3.63, 3.8) is 0 Å². The number of rotatable bonds is 2. The van der Waals surface area contributed by atoms with Crippen LogP contribution in [-0.4, -0.2) is 36.7 Å². The van der Waals surface area contributed by atoms with Crippen molar-refractivity contribution in [2.45, 2.75) is 65.8 Å². The van der Waals surface area contributed by atoms with Crippen LogP contribution in [0.5, 0.6) is 0 Å². The van der Waals surface area contributed by atoms with Gasteiger partial charge in [-0.3, -0.25) is 4.90 Å². The van der Waals surface area contributed by atoms with Gasteiger partial charge in [-0.2, -0.15) is 0 Å². The zero-order valence-electron chi connectivity index (χ0n) is 13.7. The van der Waals surface area contributed by atoms with Gasteiger partial charge >= 0.3 is 0 Å². The molecule has 0 bridgehead atoms. The molecular formula is C17H33NO. The smallest absolute Gasteiger partial charge is 0.0468 e. The molecule has 0 spiro atoms. The quantitative estimate of drug-likeness (QED) is 0.751. The highest BCUT2D eigenvalue weighted by Crippen LogP contribution is 2.45. The number of hydrogen-bond acceptors (Lipinski definition) is 2. The second kappa shape index (κ2) is 5.73. The number of likely N-dealkylation sites (tertiary alicyclic amines) is 1. The summed E-state index contributed by atoms with van der Waals surface area (Å²) in [6.07, 6.45) is 5.29. The first-order valence-corrected chi connectivity index (χ1v) is 8.14. The average Bonchev–Trinajstić information content (AvgIpc) is 2.39. The summed E-state index contributed by atoms with van der Waals surface area (Å²) in [6, 6.07) is 0. The van der Waals surface area contributed by atoms with Crippen molar-refractivity contribution in [2.75, 3.05) is 26.3 Å². The number of ether oxygens (including phenoxy) is 1. The molecule has 0 aliphatic carbocycles. The monoisotopic (exact) mass is 267 g/mol. The van der Waals surface area contributed by atoms with Crippen LogP contribution in [0.1, 0.15) is 60.3 Å². The van der Waals surface area contributed by atoms with Gasteiger partial charge < -0.3 is 4.74 Å². The molecule has 2 heteroatoms. The zero-order valence-corrected chi connectivity index (χ0v) is 13.7. The van der Waals surface area contributed by atoms with E-state index in [1.165, 1.54) is 38.8 Å². The number of nitrogens with zero attached hydrogens (tertiary/aromatic N) is 1. The van der Waals surface area contributed by atoms with Gasteiger partial charge in [0.2, 0.25) is 0 Å². The Labute approximate surface area is 119 Å². The van der Waals surface area contributed by atoms with E-state index in [-0.39, 0.29) is 0 Å². The topological polar surface area (TPSA) is 12.5 Å². The van der Waals surface area contributed by atoms with Gasteiger partial charge in [-0.15, -0.1) is 0 Å². The fourth-order valence-electron chi connectivity index (χ4n) is 4.07. The van der Waals surface area contributed by atoms with Gasteiger partial charge in [0, 0.05) is 18.8 Å². The fraction of sp³-hybridized carbons (Fsp3) is 1.00. The highest BCUT2D eigenvalue weighted by atomic mass is 16.5. The van der Waals surface area contributed by atoms with E-state index in [2.05, 4.69) is 39.5 Å². The van der Waals surface area contributed by atoms with E-state index < -0.39 is 0 Å². The Morgan fingerprint density at radius 3 is 1.74 bits per heavy atom. The van der Waals surface area contributed by atoms with Gasteiger partial charge in [-0.1, -0.05) is 13.8 Å². The van der Waals surface area contributed by atoms with Crippen molar-refractivity contribution < 1.29 is 4.74 Å². The molecular weight excluding hydrogens is 234 g/mol. The Morgan fingerprint density at radius 2 is 1.26 bits per heavy atom. The van der Waals surface area contributed by atoms with E-state index in [4.69, 9.17) is 4.74 Å². The van der Waals surface area contributed by atoms with Gasteiger partial charge in [0.15, 0.2) is 0 Å². The van der Waals surface area contributed by atoms with E-state index in [0.29, 0.717) is 11.0 Å². The molecule has 0 saturated carbocycles. The van der Waals surface area contributed by atoms with E-state index in [1.807, 2.05) is 0 Å². The summed E-state index contributed by atoms with van der Waals surface area (Å²) in [6.45, 7) is 16.6. The minimum Gasteiger partial charge on any atom is -0.381 e. The van der Waals surface area contributed by atoms with Crippen molar-refractivity contribution >= 4 is 0 Å². The maximum absolute atomic E-state index is 5.54. The maximum Gasteiger partial charge on any atom is 0.0468 e. The van der Waals surface area contributed by atoms with E-state index in [1.54, 1.807) is 0 Å². The summed E-state index contributed by atoms with van der Waals surface area (Å²) in [7, 11) is 0. The van der Waals surface area contributed by atoms with Crippen LogP contribution < -0.4 is 0 Å². The summed E-state index contributed by atoms with van der Waals surface area (Å²) in [5.41, 5.74) is 0.835. The first-order valence-electron chi connectivity index (χ1n) is 8.14. The molecule has 2 nitrogen and oxygen atoms in total. The summed E-state index contributed by atoms with van der Waals surface area (Å²) in [4.78, 5) is 2.66. The van der Waals surface area contributed by atoms with Gasteiger partial charge in [0.1, 0.15) is 0 Å². The molecule has 0 aromatic rings. The standard InChI is InChI=1S/C17H33NO/c1-16(2,3)18-10-6-14(7-11-18)17(4,5)15-8-12-19-13-9-15/h14-15H,6-13H2,1-5H3. The summed E-state index contributed by atoms with van der Waals surface area (Å²) in [5, 5.41) is 0. The molecule has 2 fully saturated rings. The third kappa shape index (κ3) is 3.52. The summed E-state index contributed by atoms with van der Waals surface area (Å²) in [5.74, 6) is 1.77. The third-order valence-corrected chi connectivity index (χ3v) is 5.77. The molecule has 2 heterocycles. The first-order chi connectivity index (χ1) is 8.82. The Morgan fingerprint density at radius 1 is 0.789 bits per heavy atom. The molecule has 2 aliphatic heterocycles. The Hall–Kier alpha value is -0.0800. The number of hydrogen-bond donors (Lipinski definition) is 0. The molecule has 2 rings (SSSR count). The predicted octanol–water partition coefficient (Wildman–Crippen LogP) is 3.95. The molecule has 0 atom stereocenters. The molecule has 19 heavy (non-hydrogen) atoms. The SMILES string of the molecule is CC(C)(C1CCOCC1)C1CCN(C(C)(C)C)CC1. The normalized spacial score (nSPS) is 25.7. The highest BCUT2D eigenvalue weighted by Gasteiger charge is 2.40. The first kappa shape index (κ1) is 15.3. The molecule has 112 valence electrons. The van der Waals surface area contributed by atoms with Crippen LogP contribution in [-0.2, 0) is 4.74 Å². The molecule has 0 aromatic carbocycles. The van der Waals surface area contributed by atoms with E-state index in [9.17, 15) is 0 Å². The maximum atomic E-state index is 5.54. The Bertz CT molecular complexity index is 278. The highest BCUT2D eigenvalue weighted by molar-refractivity contribution is 4.91. The predicted molar refractivity (Wildman–Crippen MR) is 81.4 cm³/mol. The Balaban J connectivity index is 1.92. The van der Waals surface area contributed by atoms with Crippen LogP contribution in [0.2, 0.25) is 0 Å². The third-order valence-electron chi connectivity index (χ3n) is 5.77. The van der Waals surface area contributed by atoms with Crippen LogP contribution in [0.4, 0.5) is 0 Å². The van der Waals surface area contributed by atoms with Crippen molar-refractivity contribution in [1.82, 2.24) is 4.90 Å². The lowest BCUT2D eigenvalue weighted by atomic mass is 9.63.